The standard InChI is InChI=1S/C14H22N4OS/c1-11-10-20-13(16-11)9-18-6-2-3-12(18)14(19)17-7-4-15-5-8-17/h10,12,15H,2-9H2,1H3. The van der Waals surface area contributed by atoms with E-state index in [1.807, 2.05) is 11.8 Å². The molecule has 0 bridgehead atoms. The van der Waals surface area contributed by atoms with E-state index in [0.29, 0.717) is 5.91 Å². The molecule has 3 rings (SSSR count). The van der Waals surface area contributed by atoms with Crippen molar-refractivity contribution in [1.82, 2.24) is 20.1 Å². The van der Waals surface area contributed by atoms with E-state index >= 15 is 0 Å². The Balaban J connectivity index is 1.63. The van der Waals surface area contributed by atoms with Crippen LogP contribution in [0.2, 0.25) is 0 Å². The second-order valence-electron chi connectivity index (χ2n) is 5.59. The minimum Gasteiger partial charge on any atom is -0.339 e. The lowest BCUT2D eigenvalue weighted by atomic mass is 10.1. The maximum atomic E-state index is 12.6. The Kier molecular flexibility index (Phi) is 4.33. The molecule has 2 aliphatic heterocycles. The van der Waals surface area contributed by atoms with E-state index in [1.54, 1.807) is 11.3 Å². The molecule has 2 aliphatic rings. The average Bonchev–Trinajstić information content (AvgIpc) is 3.09. The van der Waals surface area contributed by atoms with Crippen LogP contribution in [0.4, 0.5) is 0 Å². The fourth-order valence-corrected chi connectivity index (χ4v) is 3.84. The highest BCUT2D eigenvalue weighted by molar-refractivity contribution is 7.09. The third-order valence-corrected chi connectivity index (χ3v) is 5.03. The Morgan fingerprint density at radius 3 is 2.95 bits per heavy atom. The number of carbonyl (C=O) groups is 1. The molecule has 2 saturated heterocycles. The predicted octanol–water partition coefficient (Wildman–Crippen LogP) is 0.848. The molecule has 1 atom stereocenters. The number of hydrogen-bond acceptors (Lipinski definition) is 5. The molecule has 5 nitrogen and oxygen atoms in total. The summed E-state index contributed by atoms with van der Waals surface area (Å²) in [5.41, 5.74) is 1.08. The lowest BCUT2D eigenvalue weighted by Crippen LogP contribution is -2.52. The van der Waals surface area contributed by atoms with Crippen molar-refractivity contribution in [2.75, 3.05) is 32.7 Å². The van der Waals surface area contributed by atoms with Gasteiger partial charge in [-0.25, -0.2) is 4.98 Å². The zero-order chi connectivity index (χ0) is 13.9. The lowest BCUT2D eigenvalue weighted by Gasteiger charge is -2.32. The molecular formula is C14H22N4OS. The van der Waals surface area contributed by atoms with Gasteiger partial charge in [0.15, 0.2) is 0 Å². The van der Waals surface area contributed by atoms with Gasteiger partial charge >= 0.3 is 0 Å². The number of aromatic nitrogens is 1. The molecule has 1 N–H and O–H groups in total. The quantitative estimate of drug-likeness (QED) is 0.898. The minimum absolute atomic E-state index is 0.0670. The monoisotopic (exact) mass is 294 g/mol. The van der Waals surface area contributed by atoms with Crippen LogP contribution in [0, 0.1) is 6.92 Å². The fourth-order valence-electron chi connectivity index (χ4n) is 3.04. The summed E-state index contributed by atoms with van der Waals surface area (Å²) >= 11 is 1.70. The maximum absolute atomic E-state index is 12.6. The largest absolute Gasteiger partial charge is 0.339 e. The molecule has 1 aromatic heterocycles. The molecule has 110 valence electrons. The van der Waals surface area contributed by atoms with Crippen molar-refractivity contribution in [3.63, 3.8) is 0 Å². The molecule has 2 fully saturated rings. The third-order valence-electron chi connectivity index (χ3n) is 4.08. The number of carbonyl (C=O) groups excluding carboxylic acids is 1. The van der Waals surface area contributed by atoms with Crippen LogP contribution in [0.5, 0.6) is 0 Å². The summed E-state index contributed by atoms with van der Waals surface area (Å²) in [7, 11) is 0. The lowest BCUT2D eigenvalue weighted by molar-refractivity contribution is -0.136. The molecule has 0 saturated carbocycles. The van der Waals surface area contributed by atoms with E-state index in [4.69, 9.17) is 0 Å². The van der Waals surface area contributed by atoms with Gasteiger partial charge in [-0.05, 0) is 26.3 Å². The van der Waals surface area contributed by atoms with E-state index in [-0.39, 0.29) is 6.04 Å². The summed E-state index contributed by atoms with van der Waals surface area (Å²) in [6.07, 6.45) is 2.11. The SMILES string of the molecule is Cc1csc(CN2CCCC2C(=O)N2CCNCC2)n1. The van der Waals surface area contributed by atoms with Gasteiger partial charge < -0.3 is 10.2 Å². The fraction of sp³-hybridized carbons (Fsp3) is 0.714. The molecular weight excluding hydrogens is 272 g/mol. The van der Waals surface area contributed by atoms with Crippen molar-refractivity contribution in [3.8, 4) is 0 Å². The van der Waals surface area contributed by atoms with Crippen molar-refractivity contribution in [2.24, 2.45) is 0 Å². The number of piperazine rings is 1. The molecule has 3 heterocycles. The third kappa shape index (κ3) is 3.02. The highest BCUT2D eigenvalue weighted by atomic mass is 32.1. The molecule has 0 aromatic carbocycles. The first kappa shape index (κ1) is 14.0. The van der Waals surface area contributed by atoms with Gasteiger partial charge in [0.25, 0.3) is 0 Å². The van der Waals surface area contributed by atoms with Gasteiger partial charge in [-0.2, -0.15) is 0 Å². The first-order valence-corrected chi connectivity index (χ1v) is 8.26. The van der Waals surface area contributed by atoms with Crippen LogP contribution in [0.1, 0.15) is 23.5 Å². The first-order chi connectivity index (χ1) is 9.74. The number of aryl methyl sites for hydroxylation is 1. The van der Waals surface area contributed by atoms with Crippen molar-refractivity contribution in [1.29, 1.82) is 0 Å². The molecule has 1 aromatic rings. The van der Waals surface area contributed by atoms with Gasteiger partial charge in [0.2, 0.25) is 5.91 Å². The summed E-state index contributed by atoms with van der Waals surface area (Å²) in [5, 5.41) is 6.51. The van der Waals surface area contributed by atoms with Crippen molar-refractivity contribution in [3.05, 3.63) is 16.1 Å². The van der Waals surface area contributed by atoms with Crippen LogP contribution >= 0.6 is 11.3 Å². The molecule has 0 spiro atoms. The van der Waals surface area contributed by atoms with Crippen LogP contribution in [0.25, 0.3) is 0 Å². The zero-order valence-electron chi connectivity index (χ0n) is 12.0. The topological polar surface area (TPSA) is 48.5 Å². The average molecular weight is 294 g/mol. The van der Waals surface area contributed by atoms with Crippen LogP contribution < -0.4 is 5.32 Å². The van der Waals surface area contributed by atoms with Gasteiger partial charge in [0, 0.05) is 37.3 Å². The van der Waals surface area contributed by atoms with Crippen LogP contribution in [0.15, 0.2) is 5.38 Å². The molecule has 1 amide bonds. The Labute approximate surface area is 124 Å². The number of amides is 1. The Bertz CT molecular complexity index is 469. The van der Waals surface area contributed by atoms with E-state index < -0.39 is 0 Å². The molecule has 6 heteroatoms. The number of nitrogens with one attached hydrogen (secondary N) is 1. The highest BCUT2D eigenvalue weighted by Gasteiger charge is 2.34. The summed E-state index contributed by atoms with van der Waals surface area (Å²) in [4.78, 5) is 21.5. The zero-order valence-corrected chi connectivity index (χ0v) is 12.8. The number of hydrogen-bond donors (Lipinski definition) is 1. The number of thiazole rings is 1. The van der Waals surface area contributed by atoms with Gasteiger partial charge in [-0.1, -0.05) is 0 Å². The van der Waals surface area contributed by atoms with Crippen LogP contribution in [-0.2, 0) is 11.3 Å². The van der Waals surface area contributed by atoms with Gasteiger partial charge in [-0.15, -0.1) is 11.3 Å². The van der Waals surface area contributed by atoms with Gasteiger partial charge in [-0.3, -0.25) is 9.69 Å². The molecule has 1 unspecified atom stereocenters. The predicted molar refractivity (Wildman–Crippen MR) is 79.7 cm³/mol. The summed E-state index contributed by atoms with van der Waals surface area (Å²) in [6.45, 7) is 7.39. The van der Waals surface area contributed by atoms with Crippen molar-refractivity contribution >= 4 is 17.2 Å². The van der Waals surface area contributed by atoms with E-state index in [1.165, 1.54) is 0 Å². The summed E-state index contributed by atoms with van der Waals surface area (Å²) in [5.74, 6) is 0.317. The van der Waals surface area contributed by atoms with Crippen LogP contribution in [-0.4, -0.2) is 59.5 Å². The molecule has 20 heavy (non-hydrogen) atoms. The summed E-state index contributed by atoms with van der Waals surface area (Å²) in [6, 6.07) is 0.0670. The highest BCUT2D eigenvalue weighted by Crippen LogP contribution is 2.23. The number of rotatable bonds is 3. The Morgan fingerprint density at radius 1 is 1.45 bits per heavy atom. The Morgan fingerprint density at radius 2 is 2.25 bits per heavy atom. The summed E-state index contributed by atoms with van der Waals surface area (Å²) < 4.78 is 0. The van der Waals surface area contributed by atoms with Crippen LogP contribution in [0.3, 0.4) is 0 Å². The smallest absolute Gasteiger partial charge is 0.240 e. The number of nitrogens with zero attached hydrogens (tertiary/aromatic N) is 3. The van der Waals surface area contributed by atoms with E-state index in [2.05, 4.69) is 20.6 Å². The minimum atomic E-state index is 0.0670. The van der Waals surface area contributed by atoms with Crippen molar-refractivity contribution in [2.45, 2.75) is 32.4 Å². The second kappa shape index (κ2) is 6.20. The molecule has 0 aliphatic carbocycles. The van der Waals surface area contributed by atoms with E-state index in [9.17, 15) is 4.79 Å². The molecule has 0 radical (unpaired) electrons. The Hall–Kier alpha value is -0.980. The maximum Gasteiger partial charge on any atom is 0.240 e. The first-order valence-electron chi connectivity index (χ1n) is 7.38. The van der Waals surface area contributed by atoms with Gasteiger partial charge in [0.1, 0.15) is 5.01 Å². The number of likely N-dealkylation sites (tertiary alicyclic amines) is 1. The normalized spacial score (nSPS) is 24.2. The second-order valence-corrected chi connectivity index (χ2v) is 6.53. The van der Waals surface area contributed by atoms with Gasteiger partial charge in [0.05, 0.1) is 12.6 Å². The van der Waals surface area contributed by atoms with E-state index in [0.717, 1.165) is 62.8 Å². The van der Waals surface area contributed by atoms with Crippen molar-refractivity contribution < 1.29 is 4.79 Å².